The van der Waals surface area contributed by atoms with Gasteiger partial charge in [-0.25, -0.2) is 0 Å². The molecule has 4 nitrogen and oxygen atoms in total. The third-order valence-electron chi connectivity index (χ3n) is 2.89. The van der Waals surface area contributed by atoms with Crippen LogP contribution in [0.3, 0.4) is 0 Å². The van der Waals surface area contributed by atoms with Crippen LogP contribution in [0.2, 0.25) is 0 Å². The monoisotopic (exact) mass is 264 g/mol. The summed E-state index contributed by atoms with van der Waals surface area (Å²) in [6, 6.07) is 8.28. The summed E-state index contributed by atoms with van der Waals surface area (Å²) < 4.78 is 5.54. The molecule has 1 aromatic rings. The van der Waals surface area contributed by atoms with E-state index >= 15 is 0 Å². The third kappa shape index (κ3) is 5.75. The molecule has 1 aromatic carbocycles. The van der Waals surface area contributed by atoms with Crippen molar-refractivity contribution in [2.75, 3.05) is 6.61 Å². The van der Waals surface area contributed by atoms with Crippen molar-refractivity contribution in [2.45, 2.75) is 45.7 Å². The van der Waals surface area contributed by atoms with Gasteiger partial charge in [0.05, 0.1) is 6.61 Å². The van der Waals surface area contributed by atoms with Gasteiger partial charge in [-0.3, -0.25) is 4.79 Å². The van der Waals surface area contributed by atoms with Gasteiger partial charge in [-0.1, -0.05) is 19.1 Å². The van der Waals surface area contributed by atoms with Gasteiger partial charge in [-0.05, 0) is 38.0 Å². The number of hydrogen-bond donors (Lipinski definition) is 2. The lowest BCUT2D eigenvalue weighted by Crippen LogP contribution is -2.32. The fourth-order valence-corrected chi connectivity index (χ4v) is 1.96. The average Bonchev–Trinajstić information content (AvgIpc) is 2.35. The first-order chi connectivity index (χ1) is 9.02. The Bertz CT molecular complexity index is 390. The number of carbonyl (C=O) groups is 1. The predicted molar refractivity (Wildman–Crippen MR) is 77.1 cm³/mol. The summed E-state index contributed by atoms with van der Waals surface area (Å²) in [7, 11) is 0. The highest BCUT2D eigenvalue weighted by atomic mass is 16.5. The summed E-state index contributed by atoms with van der Waals surface area (Å²) in [5, 5.41) is 3.35. The molecule has 0 aliphatic carbocycles. The molecule has 0 saturated heterocycles. The molecule has 0 aromatic heterocycles. The number of ether oxygens (including phenoxy) is 1. The van der Waals surface area contributed by atoms with E-state index in [1.54, 1.807) is 0 Å². The molecule has 0 fully saturated rings. The van der Waals surface area contributed by atoms with Crippen molar-refractivity contribution in [1.29, 1.82) is 0 Å². The van der Waals surface area contributed by atoms with Crippen molar-refractivity contribution in [1.82, 2.24) is 5.32 Å². The lowest BCUT2D eigenvalue weighted by molar-refractivity contribution is -0.118. The smallest absolute Gasteiger partial charge is 0.218 e. The molecular weight excluding hydrogens is 240 g/mol. The Kier molecular flexibility index (Phi) is 6.36. The van der Waals surface area contributed by atoms with Gasteiger partial charge in [0, 0.05) is 18.5 Å². The Morgan fingerprint density at radius 3 is 2.47 bits per heavy atom. The van der Waals surface area contributed by atoms with Crippen LogP contribution in [0.25, 0.3) is 0 Å². The van der Waals surface area contributed by atoms with Crippen molar-refractivity contribution >= 4 is 5.91 Å². The number of amides is 1. The maximum absolute atomic E-state index is 10.8. The molecule has 0 aliphatic rings. The molecule has 0 bridgehead atoms. The Labute approximate surface area is 115 Å². The first kappa shape index (κ1) is 15.5. The zero-order chi connectivity index (χ0) is 14.3. The Morgan fingerprint density at radius 2 is 1.95 bits per heavy atom. The van der Waals surface area contributed by atoms with Crippen LogP contribution >= 0.6 is 0 Å². The van der Waals surface area contributed by atoms with Gasteiger partial charge in [0.1, 0.15) is 5.75 Å². The fraction of sp³-hybridized carbons (Fsp3) is 0.533. The normalized spacial score (nSPS) is 13.8. The largest absolute Gasteiger partial charge is 0.494 e. The van der Waals surface area contributed by atoms with Crippen molar-refractivity contribution in [3.63, 3.8) is 0 Å². The van der Waals surface area contributed by atoms with Crippen molar-refractivity contribution in [2.24, 2.45) is 5.73 Å². The predicted octanol–water partition coefficient (Wildman–Crippen LogP) is 2.39. The van der Waals surface area contributed by atoms with E-state index in [9.17, 15) is 4.79 Å². The molecule has 1 amide bonds. The molecular formula is C15H24N2O2. The van der Waals surface area contributed by atoms with Crippen LogP contribution in [0.5, 0.6) is 5.75 Å². The van der Waals surface area contributed by atoms with Crippen LogP contribution in [0.15, 0.2) is 24.3 Å². The first-order valence-corrected chi connectivity index (χ1v) is 6.80. The molecule has 0 saturated carbocycles. The minimum atomic E-state index is -0.282. The number of nitrogens with two attached hydrogens (primary N) is 1. The molecule has 4 heteroatoms. The maximum atomic E-state index is 10.8. The van der Waals surface area contributed by atoms with Gasteiger partial charge in [0.15, 0.2) is 0 Å². The zero-order valence-corrected chi connectivity index (χ0v) is 12.0. The second-order valence-electron chi connectivity index (χ2n) is 4.88. The Morgan fingerprint density at radius 1 is 1.32 bits per heavy atom. The summed E-state index contributed by atoms with van der Waals surface area (Å²) in [5.41, 5.74) is 6.35. The second kappa shape index (κ2) is 7.79. The molecule has 0 spiro atoms. The Hall–Kier alpha value is -1.55. The molecule has 2 unspecified atom stereocenters. The van der Waals surface area contributed by atoms with E-state index in [1.807, 2.05) is 31.2 Å². The molecule has 1 rings (SSSR count). The minimum Gasteiger partial charge on any atom is -0.494 e. The molecule has 106 valence electrons. The van der Waals surface area contributed by atoms with Crippen molar-refractivity contribution in [3.05, 3.63) is 29.8 Å². The van der Waals surface area contributed by atoms with Crippen LogP contribution in [-0.4, -0.2) is 18.6 Å². The molecule has 3 N–H and O–H groups in total. The quantitative estimate of drug-likeness (QED) is 0.757. The van der Waals surface area contributed by atoms with E-state index in [1.165, 1.54) is 5.56 Å². The number of nitrogens with one attached hydrogen (secondary N) is 1. The second-order valence-corrected chi connectivity index (χ2v) is 4.88. The topological polar surface area (TPSA) is 64.3 Å². The highest BCUT2D eigenvalue weighted by Crippen LogP contribution is 2.18. The van der Waals surface area contributed by atoms with Crippen LogP contribution < -0.4 is 15.8 Å². The molecule has 19 heavy (non-hydrogen) atoms. The fourth-order valence-electron chi connectivity index (χ4n) is 1.96. The number of hydrogen-bond acceptors (Lipinski definition) is 3. The van der Waals surface area contributed by atoms with Gasteiger partial charge in [0.25, 0.3) is 0 Å². The van der Waals surface area contributed by atoms with E-state index in [4.69, 9.17) is 10.5 Å². The van der Waals surface area contributed by atoms with Gasteiger partial charge in [-0.2, -0.15) is 0 Å². The van der Waals surface area contributed by atoms with E-state index in [-0.39, 0.29) is 18.0 Å². The molecule has 0 heterocycles. The van der Waals surface area contributed by atoms with E-state index < -0.39 is 0 Å². The number of primary amides is 1. The van der Waals surface area contributed by atoms with Crippen LogP contribution in [0.4, 0.5) is 0 Å². The number of rotatable bonds is 8. The lowest BCUT2D eigenvalue weighted by atomic mass is 10.1. The SMILES string of the molecule is CCCOc1ccc(C(C)NC(C)CC(N)=O)cc1. The van der Waals surface area contributed by atoms with Gasteiger partial charge in [-0.15, -0.1) is 0 Å². The average molecular weight is 264 g/mol. The highest BCUT2D eigenvalue weighted by molar-refractivity contribution is 5.74. The zero-order valence-electron chi connectivity index (χ0n) is 12.0. The summed E-state index contributed by atoms with van der Waals surface area (Å²) in [6.45, 7) is 6.85. The summed E-state index contributed by atoms with van der Waals surface area (Å²) in [4.78, 5) is 10.8. The van der Waals surface area contributed by atoms with E-state index in [0.29, 0.717) is 6.42 Å². The number of benzene rings is 1. The van der Waals surface area contributed by atoms with Crippen molar-refractivity contribution in [3.8, 4) is 5.75 Å². The number of carbonyl (C=O) groups excluding carboxylic acids is 1. The summed E-state index contributed by atoms with van der Waals surface area (Å²) >= 11 is 0. The van der Waals surface area contributed by atoms with E-state index in [0.717, 1.165) is 18.8 Å². The minimum absolute atomic E-state index is 0.0727. The maximum Gasteiger partial charge on any atom is 0.218 e. The molecule has 0 aliphatic heterocycles. The Balaban J connectivity index is 2.52. The van der Waals surface area contributed by atoms with Crippen LogP contribution in [0, 0.1) is 0 Å². The van der Waals surface area contributed by atoms with Gasteiger partial charge < -0.3 is 15.8 Å². The standard InChI is InChI=1S/C15H24N2O2/c1-4-9-19-14-7-5-13(6-8-14)12(3)17-11(2)10-15(16)18/h5-8,11-12,17H,4,9-10H2,1-3H3,(H2,16,18). The van der Waals surface area contributed by atoms with Gasteiger partial charge >= 0.3 is 0 Å². The van der Waals surface area contributed by atoms with Crippen LogP contribution in [-0.2, 0) is 4.79 Å². The summed E-state index contributed by atoms with van der Waals surface area (Å²) in [6.07, 6.45) is 1.35. The first-order valence-electron chi connectivity index (χ1n) is 6.80. The third-order valence-corrected chi connectivity index (χ3v) is 2.89. The van der Waals surface area contributed by atoms with Gasteiger partial charge in [0.2, 0.25) is 5.91 Å². The lowest BCUT2D eigenvalue weighted by Gasteiger charge is -2.19. The van der Waals surface area contributed by atoms with Crippen LogP contribution in [0.1, 0.15) is 45.2 Å². The molecule has 2 atom stereocenters. The van der Waals surface area contributed by atoms with E-state index in [2.05, 4.69) is 19.2 Å². The summed E-state index contributed by atoms with van der Waals surface area (Å²) in [5.74, 6) is 0.610. The highest BCUT2D eigenvalue weighted by Gasteiger charge is 2.11. The molecule has 0 radical (unpaired) electrons. The van der Waals surface area contributed by atoms with Crippen molar-refractivity contribution < 1.29 is 9.53 Å².